The van der Waals surface area contributed by atoms with Crippen LogP contribution < -0.4 is 4.74 Å². The lowest BCUT2D eigenvalue weighted by atomic mass is 9.78. The quantitative estimate of drug-likeness (QED) is 0.637. The first-order valence-electron chi connectivity index (χ1n) is 10.5. The average Bonchev–Trinajstić information content (AvgIpc) is 3.10. The zero-order valence-electron chi connectivity index (χ0n) is 17.9. The molecule has 8 nitrogen and oxygen atoms in total. The Hall–Kier alpha value is -1.92. The summed E-state index contributed by atoms with van der Waals surface area (Å²) in [6.07, 6.45) is 0.801. The molecule has 3 rings (SSSR count). The van der Waals surface area contributed by atoms with Gasteiger partial charge in [0.25, 0.3) is 0 Å². The van der Waals surface area contributed by atoms with Crippen molar-refractivity contribution in [3.05, 3.63) is 24.4 Å². The van der Waals surface area contributed by atoms with Gasteiger partial charge in [-0.1, -0.05) is 13.0 Å². The second-order valence-electron chi connectivity index (χ2n) is 7.72. The molecule has 2 saturated heterocycles. The highest BCUT2D eigenvalue weighted by atomic mass is 32.2. The molecule has 0 aliphatic carbocycles. The molecule has 2 aliphatic heterocycles. The summed E-state index contributed by atoms with van der Waals surface area (Å²) in [6.45, 7) is 4.42. The van der Waals surface area contributed by atoms with Crippen LogP contribution in [0.25, 0.3) is 0 Å². The summed E-state index contributed by atoms with van der Waals surface area (Å²) < 4.78 is 69.8. The topological polar surface area (TPSA) is 106 Å². The Morgan fingerprint density at radius 1 is 1.34 bits per heavy atom. The molecule has 0 aromatic carbocycles. The molecule has 0 saturated carbocycles. The van der Waals surface area contributed by atoms with Crippen molar-refractivity contribution in [3.8, 4) is 5.88 Å². The normalized spacial score (nSPS) is 21.1. The lowest BCUT2D eigenvalue weighted by Gasteiger charge is -2.41. The lowest BCUT2D eigenvalue weighted by molar-refractivity contribution is -0.192. The van der Waals surface area contributed by atoms with Gasteiger partial charge >= 0.3 is 12.1 Å². The number of halogens is 3. The highest BCUT2D eigenvalue weighted by Gasteiger charge is 2.47. The van der Waals surface area contributed by atoms with Gasteiger partial charge in [-0.25, -0.2) is 22.5 Å². The molecule has 3 heterocycles. The number of hydrogen-bond acceptors (Lipinski definition) is 6. The van der Waals surface area contributed by atoms with Crippen molar-refractivity contribution < 1.29 is 41.0 Å². The van der Waals surface area contributed by atoms with Gasteiger partial charge in [0, 0.05) is 32.0 Å². The first kappa shape index (κ1) is 26.3. The van der Waals surface area contributed by atoms with E-state index in [2.05, 4.69) is 4.98 Å². The summed E-state index contributed by atoms with van der Waals surface area (Å²) in [4.78, 5) is 13.1. The number of pyridine rings is 1. The number of hydrogen-bond donors (Lipinski definition) is 1. The number of nitrogens with zero attached hydrogens (tertiary/aromatic N) is 2. The summed E-state index contributed by atoms with van der Waals surface area (Å²) in [6, 6.07) is 5.64. The molecule has 2 aliphatic rings. The molecule has 1 N–H and O–H groups in total. The van der Waals surface area contributed by atoms with Crippen LogP contribution in [0.2, 0.25) is 0 Å². The number of aromatic nitrogens is 1. The fraction of sp³-hybridized carbons (Fsp3) is 0.700. The minimum atomic E-state index is -5.08. The van der Waals surface area contributed by atoms with Crippen LogP contribution in [0.4, 0.5) is 13.2 Å². The SMILES string of the molecule is CCCS(=O)(=O)N1CCC2(CC1)OCCC2CCOc1ccccn1.O=C(O)C(F)(F)F. The van der Waals surface area contributed by atoms with Gasteiger partial charge in [0.15, 0.2) is 0 Å². The number of carboxylic acid groups (broad SMARTS) is 1. The molecule has 1 unspecified atom stereocenters. The molecule has 32 heavy (non-hydrogen) atoms. The first-order chi connectivity index (χ1) is 15.0. The van der Waals surface area contributed by atoms with Crippen LogP contribution in [-0.4, -0.2) is 72.6 Å². The largest absolute Gasteiger partial charge is 0.490 e. The lowest BCUT2D eigenvalue weighted by Crippen LogP contribution is -2.50. The van der Waals surface area contributed by atoms with E-state index in [1.807, 2.05) is 25.1 Å². The van der Waals surface area contributed by atoms with Gasteiger partial charge in [-0.15, -0.1) is 0 Å². The average molecular weight is 483 g/mol. The maximum Gasteiger partial charge on any atom is 0.490 e. The second-order valence-corrected chi connectivity index (χ2v) is 9.81. The molecule has 12 heteroatoms. The Morgan fingerprint density at radius 2 is 2.00 bits per heavy atom. The monoisotopic (exact) mass is 482 g/mol. The highest BCUT2D eigenvalue weighted by molar-refractivity contribution is 7.89. The second kappa shape index (κ2) is 11.3. The Morgan fingerprint density at radius 3 is 2.53 bits per heavy atom. The number of rotatable bonds is 7. The minimum absolute atomic E-state index is 0.175. The van der Waals surface area contributed by atoms with Gasteiger partial charge in [-0.05, 0) is 44.1 Å². The van der Waals surface area contributed by atoms with Crippen molar-refractivity contribution in [1.82, 2.24) is 9.29 Å². The maximum absolute atomic E-state index is 12.3. The van der Waals surface area contributed by atoms with E-state index in [0.29, 0.717) is 37.9 Å². The Kier molecular flexibility index (Phi) is 9.28. The fourth-order valence-electron chi connectivity index (χ4n) is 4.01. The van der Waals surface area contributed by atoms with Crippen molar-refractivity contribution in [1.29, 1.82) is 0 Å². The number of carbonyl (C=O) groups is 1. The molecule has 2 fully saturated rings. The molecule has 1 aromatic rings. The molecular weight excluding hydrogens is 453 g/mol. The number of aliphatic carboxylic acids is 1. The third-order valence-corrected chi connectivity index (χ3v) is 7.70. The summed E-state index contributed by atoms with van der Waals surface area (Å²) >= 11 is 0. The van der Waals surface area contributed by atoms with Gasteiger partial charge in [-0.2, -0.15) is 13.2 Å². The first-order valence-corrected chi connectivity index (χ1v) is 12.1. The number of carboxylic acids is 1. The zero-order valence-corrected chi connectivity index (χ0v) is 18.7. The van der Waals surface area contributed by atoms with Crippen LogP contribution in [0.3, 0.4) is 0 Å². The van der Waals surface area contributed by atoms with Gasteiger partial charge in [0.2, 0.25) is 15.9 Å². The minimum Gasteiger partial charge on any atom is -0.478 e. The highest BCUT2D eigenvalue weighted by Crippen LogP contribution is 2.42. The molecule has 0 bridgehead atoms. The van der Waals surface area contributed by atoms with E-state index in [1.165, 1.54) is 0 Å². The van der Waals surface area contributed by atoms with Crippen LogP contribution >= 0.6 is 0 Å². The number of sulfonamides is 1. The summed E-state index contributed by atoms with van der Waals surface area (Å²) in [5.41, 5.74) is -0.175. The van der Waals surface area contributed by atoms with Crippen molar-refractivity contribution in [3.63, 3.8) is 0 Å². The molecule has 0 radical (unpaired) electrons. The fourth-order valence-corrected chi connectivity index (χ4v) is 5.53. The smallest absolute Gasteiger partial charge is 0.478 e. The van der Waals surface area contributed by atoms with Crippen LogP contribution in [0.5, 0.6) is 5.88 Å². The maximum atomic E-state index is 12.3. The van der Waals surface area contributed by atoms with Crippen molar-refractivity contribution in [2.75, 3.05) is 32.1 Å². The third-order valence-electron chi connectivity index (χ3n) is 5.62. The number of ether oxygens (including phenoxy) is 2. The Balaban J connectivity index is 0.000000451. The summed E-state index contributed by atoms with van der Waals surface area (Å²) in [5, 5.41) is 7.12. The number of alkyl halides is 3. The molecule has 1 atom stereocenters. The Bertz CT molecular complexity index is 827. The molecular formula is C20H29F3N2O6S. The van der Waals surface area contributed by atoms with Crippen LogP contribution in [0.1, 0.15) is 39.0 Å². The standard InChI is InChI=1S/C18H28N2O4S.C2HF3O2/c1-2-15-25(21,22)20-11-8-18(9-12-20)16(7-14-24-18)6-13-23-17-5-3-4-10-19-17;3-2(4,5)1(6)7/h3-5,10,16H,2,6-9,11-15H2,1H3;(H,6,7). The third kappa shape index (κ3) is 7.31. The van der Waals surface area contributed by atoms with Crippen LogP contribution in [-0.2, 0) is 19.6 Å². The van der Waals surface area contributed by atoms with Gasteiger partial charge < -0.3 is 14.6 Å². The molecule has 0 amide bonds. The number of piperidine rings is 1. The van der Waals surface area contributed by atoms with Crippen LogP contribution in [0.15, 0.2) is 24.4 Å². The van der Waals surface area contributed by atoms with E-state index in [1.54, 1.807) is 10.5 Å². The van der Waals surface area contributed by atoms with Crippen molar-refractivity contribution in [2.45, 2.75) is 50.8 Å². The summed E-state index contributed by atoms with van der Waals surface area (Å²) in [7, 11) is -3.11. The molecule has 1 aromatic heterocycles. The van der Waals surface area contributed by atoms with E-state index in [9.17, 15) is 21.6 Å². The van der Waals surface area contributed by atoms with E-state index >= 15 is 0 Å². The van der Waals surface area contributed by atoms with E-state index in [0.717, 1.165) is 32.3 Å². The van der Waals surface area contributed by atoms with Crippen molar-refractivity contribution >= 4 is 16.0 Å². The van der Waals surface area contributed by atoms with E-state index in [4.69, 9.17) is 19.4 Å². The zero-order chi connectivity index (χ0) is 23.8. The van der Waals surface area contributed by atoms with Crippen molar-refractivity contribution in [2.24, 2.45) is 5.92 Å². The molecule has 182 valence electrons. The van der Waals surface area contributed by atoms with Crippen LogP contribution in [0, 0.1) is 5.92 Å². The van der Waals surface area contributed by atoms with E-state index in [-0.39, 0.29) is 11.4 Å². The predicted octanol–water partition coefficient (Wildman–Crippen LogP) is 3.09. The Labute approximate surface area is 185 Å². The van der Waals surface area contributed by atoms with E-state index < -0.39 is 22.2 Å². The molecule has 1 spiro atoms. The van der Waals surface area contributed by atoms with Gasteiger partial charge in [-0.3, -0.25) is 0 Å². The van der Waals surface area contributed by atoms with Gasteiger partial charge in [0.1, 0.15) is 0 Å². The summed E-state index contributed by atoms with van der Waals surface area (Å²) in [5.74, 6) is -1.45. The predicted molar refractivity (Wildman–Crippen MR) is 110 cm³/mol. The van der Waals surface area contributed by atoms with Gasteiger partial charge in [0.05, 0.1) is 18.0 Å².